The molecule has 1 aliphatic rings. The van der Waals surface area contributed by atoms with Gasteiger partial charge in [0.15, 0.2) is 0 Å². The van der Waals surface area contributed by atoms with Gasteiger partial charge in [0, 0.05) is 0 Å². The first-order valence-electron chi connectivity index (χ1n) is 5.91. The molecule has 0 aliphatic carbocycles. The van der Waals surface area contributed by atoms with E-state index >= 15 is 0 Å². The fourth-order valence-corrected chi connectivity index (χ4v) is 4.68. The molecular weight excluding hydrogens is 250 g/mol. The van der Waals surface area contributed by atoms with Crippen molar-refractivity contribution in [3.63, 3.8) is 0 Å². The topological polar surface area (TPSA) is 57.4 Å². The minimum Gasteiger partial charge on any atom is -0.394 e. The van der Waals surface area contributed by atoms with E-state index in [1.807, 2.05) is 20.8 Å². The Labute approximate surface area is 108 Å². The average molecular weight is 269 g/mol. The van der Waals surface area contributed by atoms with Crippen LogP contribution in [0.3, 0.4) is 0 Å². The molecule has 4 nitrogen and oxygen atoms in total. The van der Waals surface area contributed by atoms with Crippen LogP contribution in [0.15, 0.2) is 29.2 Å². The van der Waals surface area contributed by atoms with E-state index in [0.29, 0.717) is 0 Å². The molecule has 1 aromatic carbocycles. The smallest absolute Gasteiger partial charge is 0.244 e. The maximum atomic E-state index is 12.5. The largest absolute Gasteiger partial charge is 0.394 e. The third kappa shape index (κ3) is 1.61. The van der Waals surface area contributed by atoms with Crippen molar-refractivity contribution in [2.45, 2.75) is 43.7 Å². The van der Waals surface area contributed by atoms with E-state index in [4.69, 9.17) is 0 Å². The van der Waals surface area contributed by atoms with Gasteiger partial charge in [-0.3, -0.25) is 0 Å². The molecule has 0 saturated carbocycles. The standard InChI is InChI=1S/C13H19NO3S/c1-10-5-7-11(8-6-10)18(16,17)14-12(2,3)13(14,4)9-15/h5-8,15H,9H2,1-4H3/t13-,14?/m1/s1. The van der Waals surface area contributed by atoms with Crippen LogP contribution in [0.5, 0.6) is 0 Å². The first-order chi connectivity index (χ1) is 8.18. The van der Waals surface area contributed by atoms with Gasteiger partial charge >= 0.3 is 0 Å². The third-order valence-corrected chi connectivity index (χ3v) is 6.30. The van der Waals surface area contributed by atoms with E-state index in [1.165, 1.54) is 4.31 Å². The maximum Gasteiger partial charge on any atom is 0.244 e. The van der Waals surface area contributed by atoms with Gasteiger partial charge in [-0.25, -0.2) is 8.42 Å². The van der Waals surface area contributed by atoms with Crippen LogP contribution in [-0.4, -0.2) is 35.5 Å². The van der Waals surface area contributed by atoms with Crippen LogP contribution in [0.2, 0.25) is 0 Å². The van der Waals surface area contributed by atoms with Crippen molar-refractivity contribution in [2.24, 2.45) is 0 Å². The van der Waals surface area contributed by atoms with Crippen molar-refractivity contribution < 1.29 is 13.5 Å². The Hall–Kier alpha value is -0.910. The van der Waals surface area contributed by atoms with Crippen molar-refractivity contribution in [1.29, 1.82) is 0 Å². The second-order valence-corrected chi connectivity index (χ2v) is 7.36. The lowest BCUT2D eigenvalue weighted by Crippen LogP contribution is -2.24. The van der Waals surface area contributed by atoms with E-state index in [-0.39, 0.29) is 11.5 Å². The number of aryl methyl sites for hydroxylation is 1. The number of hydrogen-bond donors (Lipinski definition) is 1. The number of nitrogens with zero attached hydrogens (tertiary/aromatic N) is 1. The fraction of sp³-hybridized carbons (Fsp3) is 0.538. The van der Waals surface area contributed by atoms with Gasteiger partial charge in [-0.15, -0.1) is 0 Å². The molecule has 2 rings (SSSR count). The van der Waals surface area contributed by atoms with E-state index in [1.54, 1.807) is 31.2 Å². The van der Waals surface area contributed by atoms with Crippen molar-refractivity contribution in [3.8, 4) is 0 Å². The highest BCUT2D eigenvalue weighted by atomic mass is 32.2. The monoisotopic (exact) mass is 269 g/mol. The molecule has 1 fully saturated rings. The van der Waals surface area contributed by atoms with Gasteiger partial charge in [-0.2, -0.15) is 4.31 Å². The van der Waals surface area contributed by atoms with Crippen molar-refractivity contribution in [2.75, 3.05) is 6.61 Å². The molecule has 1 N–H and O–H groups in total. The number of aliphatic hydroxyl groups is 1. The maximum absolute atomic E-state index is 12.5. The van der Waals surface area contributed by atoms with E-state index in [9.17, 15) is 13.5 Å². The second kappa shape index (κ2) is 3.79. The van der Waals surface area contributed by atoms with Crippen molar-refractivity contribution >= 4 is 10.0 Å². The molecule has 1 saturated heterocycles. The lowest BCUT2D eigenvalue weighted by molar-refractivity contribution is 0.239. The van der Waals surface area contributed by atoms with Crippen LogP contribution in [0.4, 0.5) is 0 Å². The molecule has 1 aromatic rings. The molecule has 0 amide bonds. The normalized spacial score (nSPS) is 30.2. The minimum atomic E-state index is -3.54. The van der Waals surface area contributed by atoms with Crippen LogP contribution < -0.4 is 0 Å². The molecular formula is C13H19NO3S. The van der Waals surface area contributed by atoms with Crippen LogP contribution in [0, 0.1) is 6.92 Å². The number of rotatable bonds is 3. The van der Waals surface area contributed by atoms with Crippen molar-refractivity contribution in [1.82, 2.24) is 4.31 Å². The third-order valence-electron chi connectivity index (χ3n) is 4.09. The molecule has 0 spiro atoms. The number of aliphatic hydroxyl groups excluding tert-OH is 1. The summed E-state index contributed by atoms with van der Waals surface area (Å²) < 4.78 is 26.4. The predicted molar refractivity (Wildman–Crippen MR) is 69.8 cm³/mol. The highest BCUT2D eigenvalue weighted by Gasteiger charge is 2.71. The Balaban J connectivity index is 2.44. The van der Waals surface area contributed by atoms with Gasteiger partial charge in [0.05, 0.1) is 22.6 Å². The Morgan fingerprint density at radius 3 is 2.06 bits per heavy atom. The summed E-state index contributed by atoms with van der Waals surface area (Å²) in [5.74, 6) is 0. The SMILES string of the molecule is Cc1ccc(S(=O)(=O)N2C(C)(C)[C@@]2(C)CO)cc1. The summed E-state index contributed by atoms with van der Waals surface area (Å²) in [6, 6.07) is 6.77. The Morgan fingerprint density at radius 1 is 1.17 bits per heavy atom. The highest BCUT2D eigenvalue weighted by molar-refractivity contribution is 7.89. The van der Waals surface area contributed by atoms with Crippen molar-refractivity contribution in [3.05, 3.63) is 29.8 Å². The molecule has 0 radical (unpaired) electrons. The Morgan fingerprint density at radius 2 is 1.67 bits per heavy atom. The summed E-state index contributed by atoms with van der Waals surface area (Å²) in [5, 5.41) is 9.42. The summed E-state index contributed by atoms with van der Waals surface area (Å²) >= 11 is 0. The van der Waals surface area contributed by atoms with Crippen LogP contribution in [0.25, 0.3) is 0 Å². The van der Waals surface area contributed by atoms with Gasteiger partial charge < -0.3 is 5.11 Å². The fourth-order valence-electron chi connectivity index (χ4n) is 2.42. The van der Waals surface area contributed by atoms with Gasteiger partial charge in [0.25, 0.3) is 0 Å². The van der Waals surface area contributed by atoms with E-state index < -0.39 is 21.1 Å². The van der Waals surface area contributed by atoms with Gasteiger partial charge in [0.2, 0.25) is 10.0 Å². The zero-order valence-electron chi connectivity index (χ0n) is 11.1. The first kappa shape index (κ1) is 13.5. The molecule has 0 bridgehead atoms. The molecule has 1 unspecified atom stereocenters. The van der Waals surface area contributed by atoms with Crippen LogP contribution in [0.1, 0.15) is 26.3 Å². The molecule has 1 aliphatic heterocycles. The summed E-state index contributed by atoms with van der Waals surface area (Å²) in [6.07, 6.45) is 0. The van der Waals surface area contributed by atoms with Gasteiger partial charge in [-0.1, -0.05) is 17.7 Å². The highest BCUT2D eigenvalue weighted by Crippen LogP contribution is 2.54. The van der Waals surface area contributed by atoms with Crippen LogP contribution >= 0.6 is 0 Å². The molecule has 18 heavy (non-hydrogen) atoms. The van der Waals surface area contributed by atoms with Crippen LogP contribution in [-0.2, 0) is 10.0 Å². The molecule has 0 aromatic heterocycles. The molecule has 100 valence electrons. The lowest BCUT2D eigenvalue weighted by atomic mass is 10.00. The summed E-state index contributed by atoms with van der Waals surface area (Å²) in [4.78, 5) is 0.276. The number of hydrogen-bond acceptors (Lipinski definition) is 3. The predicted octanol–water partition coefficient (Wildman–Crippen LogP) is 1.53. The Kier molecular flexibility index (Phi) is 2.85. The van der Waals surface area contributed by atoms with Gasteiger partial charge in [-0.05, 0) is 39.8 Å². The summed E-state index contributed by atoms with van der Waals surface area (Å²) in [5.41, 5.74) is -0.244. The number of sulfonamides is 1. The molecule has 2 atom stereocenters. The van der Waals surface area contributed by atoms with E-state index in [2.05, 4.69) is 0 Å². The summed E-state index contributed by atoms with van der Waals surface area (Å²) in [6.45, 7) is 7.16. The number of benzene rings is 1. The lowest BCUT2D eigenvalue weighted by Gasteiger charge is -2.10. The first-order valence-corrected chi connectivity index (χ1v) is 7.35. The van der Waals surface area contributed by atoms with Gasteiger partial charge in [0.1, 0.15) is 0 Å². The zero-order chi connectivity index (χ0) is 13.8. The summed E-state index contributed by atoms with van der Waals surface area (Å²) in [7, 11) is -3.54. The minimum absolute atomic E-state index is 0.176. The second-order valence-electron chi connectivity index (χ2n) is 5.57. The average Bonchev–Trinajstić information content (AvgIpc) is 2.75. The molecule has 5 heteroatoms. The zero-order valence-corrected chi connectivity index (χ0v) is 12.0. The molecule has 1 heterocycles. The quantitative estimate of drug-likeness (QED) is 0.847. The Bertz CT molecular complexity index is 562. The van der Waals surface area contributed by atoms with E-state index in [0.717, 1.165) is 5.56 Å².